The minimum absolute atomic E-state index is 0.0828. The standard InChI is InChI=1S/C20H16N4O4/c21-11-13-3-1-2-4-17(13)27-12-16-9-10-18(28-16)19(25)23-14-5-7-15(8-6-14)24-20(22)26/h1-10H,12H2,(H,23,25)(H3,22,24,26). The van der Waals surface area contributed by atoms with Gasteiger partial charge in [-0.05, 0) is 48.5 Å². The van der Waals surface area contributed by atoms with E-state index < -0.39 is 11.9 Å². The van der Waals surface area contributed by atoms with Gasteiger partial charge >= 0.3 is 6.03 Å². The number of para-hydroxylation sites is 1. The largest absolute Gasteiger partial charge is 0.484 e. The van der Waals surface area contributed by atoms with Gasteiger partial charge in [0.25, 0.3) is 5.91 Å². The van der Waals surface area contributed by atoms with Crippen molar-refractivity contribution >= 4 is 23.3 Å². The number of hydrogen-bond donors (Lipinski definition) is 3. The lowest BCUT2D eigenvalue weighted by Crippen LogP contribution is -2.19. The molecule has 0 radical (unpaired) electrons. The van der Waals surface area contributed by atoms with Crippen molar-refractivity contribution in [3.63, 3.8) is 0 Å². The van der Waals surface area contributed by atoms with Crippen LogP contribution in [0.3, 0.4) is 0 Å². The fourth-order valence-electron chi connectivity index (χ4n) is 2.38. The molecule has 8 nitrogen and oxygen atoms in total. The Labute approximate surface area is 160 Å². The zero-order valence-corrected chi connectivity index (χ0v) is 14.6. The Morgan fingerprint density at radius 1 is 1.00 bits per heavy atom. The van der Waals surface area contributed by atoms with E-state index in [0.717, 1.165) is 0 Å². The fourth-order valence-corrected chi connectivity index (χ4v) is 2.38. The third-order valence-corrected chi connectivity index (χ3v) is 3.67. The van der Waals surface area contributed by atoms with Crippen molar-refractivity contribution in [3.8, 4) is 11.8 Å². The van der Waals surface area contributed by atoms with E-state index in [9.17, 15) is 9.59 Å². The highest BCUT2D eigenvalue weighted by Gasteiger charge is 2.12. The van der Waals surface area contributed by atoms with Crippen molar-refractivity contribution in [2.24, 2.45) is 5.73 Å². The number of nitrogens with one attached hydrogen (secondary N) is 2. The van der Waals surface area contributed by atoms with Gasteiger partial charge in [-0.3, -0.25) is 4.79 Å². The third kappa shape index (κ3) is 4.68. The molecule has 0 spiro atoms. The second kappa shape index (κ2) is 8.42. The number of carbonyl (C=O) groups excluding carboxylic acids is 2. The molecule has 0 bridgehead atoms. The van der Waals surface area contributed by atoms with Gasteiger partial charge in [-0.25, -0.2) is 4.79 Å². The highest BCUT2D eigenvalue weighted by Crippen LogP contribution is 2.20. The van der Waals surface area contributed by atoms with Crippen molar-refractivity contribution in [1.29, 1.82) is 5.26 Å². The fraction of sp³-hybridized carbons (Fsp3) is 0.0500. The van der Waals surface area contributed by atoms with E-state index in [4.69, 9.17) is 20.1 Å². The van der Waals surface area contributed by atoms with E-state index in [1.165, 1.54) is 6.07 Å². The molecule has 0 aliphatic rings. The highest BCUT2D eigenvalue weighted by molar-refractivity contribution is 6.02. The van der Waals surface area contributed by atoms with Gasteiger partial charge in [0, 0.05) is 11.4 Å². The van der Waals surface area contributed by atoms with Gasteiger partial charge in [0.2, 0.25) is 0 Å². The molecule has 0 atom stereocenters. The number of benzene rings is 2. The summed E-state index contributed by atoms with van der Waals surface area (Å²) in [6.45, 7) is 0.0828. The monoisotopic (exact) mass is 376 g/mol. The van der Waals surface area contributed by atoms with Crippen LogP contribution in [0.15, 0.2) is 65.1 Å². The second-order valence-electron chi connectivity index (χ2n) is 5.68. The Kier molecular flexibility index (Phi) is 5.58. The van der Waals surface area contributed by atoms with Gasteiger partial charge in [0.15, 0.2) is 5.76 Å². The molecular weight excluding hydrogens is 360 g/mol. The van der Waals surface area contributed by atoms with Gasteiger partial charge < -0.3 is 25.5 Å². The van der Waals surface area contributed by atoms with Crippen molar-refractivity contribution in [2.75, 3.05) is 10.6 Å². The number of ether oxygens (including phenoxy) is 1. The number of nitrogens with two attached hydrogens (primary N) is 1. The summed E-state index contributed by atoms with van der Waals surface area (Å²) in [6, 6.07) is 17.8. The number of hydrogen-bond acceptors (Lipinski definition) is 5. The van der Waals surface area contributed by atoms with Gasteiger partial charge in [-0.15, -0.1) is 0 Å². The average molecular weight is 376 g/mol. The van der Waals surface area contributed by atoms with Crippen molar-refractivity contribution in [2.45, 2.75) is 6.61 Å². The molecule has 3 rings (SSSR count). The number of anilines is 2. The van der Waals surface area contributed by atoms with Gasteiger partial charge in [-0.2, -0.15) is 5.26 Å². The van der Waals surface area contributed by atoms with Crippen LogP contribution >= 0.6 is 0 Å². The molecule has 1 heterocycles. The summed E-state index contributed by atoms with van der Waals surface area (Å²) in [6.07, 6.45) is 0. The molecule has 3 aromatic rings. The highest BCUT2D eigenvalue weighted by atomic mass is 16.5. The number of nitrogens with zero attached hydrogens (tertiary/aromatic N) is 1. The number of urea groups is 1. The third-order valence-electron chi connectivity index (χ3n) is 3.67. The number of nitriles is 1. The van der Waals surface area contributed by atoms with Crippen LogP contribution in [0.2, 0.25) is 0 Å². The smallest absolute Gasteiger partial charge is 0.316 e. The van der Waals surface area contributed by atoms with E-state index in [1.807, 2.05) is 6.07 Å². The van der Waals surface area contributed by atoms with E-state index in [2.05, 4.69) is 10.6 Å². The van der Waals surface area contributed by atoms with Gasteiger partial charge in [-0.1, -0.05) is 12.1 Å². The Hall–Kier alpha value is -4.25. The lowest BCUT2D eigenvalue weighted by Gasteiger charge is -2.06. The molecule has 0 fully saturated rings. The number of amides is 3. The molecule has 0 saturated carbocycles. The molecule has 0 saturated heterocycles. The van der Waals surface area contributed by atoms with Crippen LogP contribution in [-0.2, 0) is 6.61 Å². The van der Waals surface area contributed by atoms with Crippen LogP contribution < -0.4 is 21.1 Å². The molecule has 0 aliphatic heterocycles. The van der Waals surface area contributed by atoms with E-state index >= 15 is 0 Å². The van der Waals surface area contributed by atoms with E-state index in [-0.39, 0.29) is 12.4 Å². The molecule has 1 aromatic heterocycles. The molecule has 4 N–H and O–H groups in total. The zero-order chi connectivity index (χ0) is 19.9. The first-order chi connectivity index (χ1) is 13.5. The van der Waals surface area contributed by atoms with Crippen molar-refractivity contribution < 1.29 is 18.7 Å². The van der Waals surface area contributed by atoms with Crippen LogP contribution in [0.5, 0.6) is 5.75 Å². The molecule has 2 aromatic carbocycles. The number of carbonyl (C=O) groups is 2. The summed E-state index contributed by atoms with van der Waals surface area (Å²) in [4.78, 5) is 23.1. The van der Waals surface area contributed by atoms with Gasteiger partial charge in [0.05, 0.1) is 5.56 Å². The summed E-state index contributed by atoms with van der Waals surface area (Å²) in [5.74, 6) is 0.571. The molecule has 28 heavy (non-hydrogen) atoms. The molecule has 0 unspecified atom stereocenters. The first-order valence-corrected chi connectivity index (χ1v) is 8.23. The SMILES string of the molecule is N#Cc1ccccc1OCc1ccc(C(=O)Nc2ccc(NC(N)=O)cc2)o1. The van der Waals surface area contributed by atoms with Crippen LogP contribution in [0.4, 0.5) is 16.2 Å². The van der Waals surface area contributed by atoms with Crippen LogP contribution in [0.1, 0.15) is 21.9 Å². The van der Waals surface area contributed by atoms with E-state index in [0.29, 0.717) is 28.4 Å². The Balaban J connectivity index is 1.59. The van der Waals surface area contributed by atoms with Crippen molar-refractivity contribution in [3.05, 3.63) is 77.7 Å². The summed E-state index contributed by atoms with van der Waals surface area (Å²) in [7, 11) is 0. The average Bonchev–Trinajstić information content (AvgIpc) is 3.17. The molecule has 140 valence electrons. The lowest BCUT2D eigenvalue weighted by molar-refractivity contribution is 0.0992. The molecule has 0 aliphatic carbocycles. The van der Waals surface area contributed by atoms with Gasteiger partial charge in [0.1, 0.15) is 24.2 Å². The maximum atomic E-state index is 12.3. The number of rotatable bonds is 6. The Bertz CT molecular complexity index is 1030. The molecular formula is C20H16N4O4. The Morgan fingerprint density at radius 3 is 2.36 bits per heavy atom. The minimum Gasteiger partial charge on any atom is -0.484 e. The summed E-state index contributed by atoms with van der Waals surface area (Å²) >= 11 is 0. The second-order valence-corrected chi connectivity index (χ2v) is 5.68. The quantitative estimate of drug-likeness (QED) is 0.606. The predicted octanol–water partition coefficient (Wildman–Crippen LogP) is 3.47. The summed E-state index contributed by atoms with van der Waals surface area (Å²) in [5, 5.41) is 14.2. The van der Waals surface area contributed by atoms with Crippen LogP contribution in [0.25, 0.3) is 0 Å². The normalized spacial score (nSPS) is 9.96. The van der Waals surface area contributed by atoms with E-state index in [1.54, 1.807) is 54.6 Å². The number of primary amides is 1. The lowest BCUT2D eigenvalue weighted by atomic mass is 10.2. The number of furan rings is 1. The minimum atomic E-state index is -0.667. The maximum Gasteiger partial charge on any atom is 0.316 e. The molecule has 8 heteroatoms. The topological polar surface area (TPSA) is 130 Å². The molecule has 3 amide bonds. The first-order valence-electron chi connectivity index (χ1n) is 8.23. The first kappa shape index (κ1) is 18.5. The van der Waals surface area contributed by atoms with Crippen LogP contribution in [-0.4, -0.2) is 11.9 Å². The predicted molar refractivity (Wildman–Crippen MR) is 102 cm³/mol. The summed E-state index contributed by atoms with van der Waals surface area (Å²) < 4.78 is 11.1. The van der Waals surface area contributed by atoms with Crippen LogP contribution in [0, 0.1) is 11.3 Å². The van der Waals surface area contributed by atoms with Crippen molar-refractivity contribution in [1.82, 2.24) is 0 Å². The summed E-state index contributed by atoms with van der Waals surface area (Å²) in [5.41, 5.74) is 6.50. The maximum absolute atomic E-state index is 12.3. The Morgan fingerprint density at radius 2 is 1.68 bits per heavy atom. The zero-order valence-electron chi connectivity index (χ0n) is 14.6.